The zero-order chi connectivity index (χ0) is 23.4. The van der Waals surface area contributed by atoms with Gasteiger partial charge in [-0.15, -0.1) is 5.10 Å². The number of halogens is 1. The maximum absolute atomic E-state index is 6.15. The highest BCUT2D eigenvalue weighted by molar-refractivity contribution is 7.71. The molecular formula is C26H28ClN5S. The molecule has 0 amide bonds. The van der Waals surface area contributed by atoms with Gasteiger partial charge in [0.2, 0.25) is 4.77 Å². The molecule has 0 N–H and O–H groups in total. The summed E-state index contributed by atoms with van der Waals surface area (Å²) >= 11 is 12.1. The van der Waals surface area contributed by atoms with Crippen LogP contribution in [0.1, 0.15) is 31.0 Å². The van der Waals surface area contributed by atoms with Crippen molar-refractivity contribution in [1.82, 2.24) is 24.2 Å². The fourth-order valence-corrected chi connectivity index (χ4v) is 4.24. The maximum atomic E-state index is 6.15. The molecule has 0 unspecified atom stereocenters. The van der Waals surface area contributed by atoms with Gasteiger partial charge in [0.15, 0.2) is 5.82 Å². The average molecular weight is 478 g/mol. The predicted octanol–water partition coefficient (Wildman–Crippen LogP) is 6.37. The van der Waals surface area contributed by atoms with E-state index < -0.39 is 0 Å². The summed E-state index contributed by atoms with van der Waals surface area (Å²) in [7, 11) is 2.08. The number of nitrogens with zero attached hydrogens (tertiary/aromatic N) is 5. The van der Waals surface area contributed by atoms with Gasteiger partial charge in [0.25, 0.3) is 0 Å². The topological polar surface area (TPSA) is 38.9 Å². The summed E-state index contributed by atoms with van der Waals surface area (Å²) in [5.74, 6) is 1.16. The molecule has 33 heavy (non-hydrogen) atoms. The smallest absolute Gasteiger partial charge is 0.204 e. The second-order valence-electron chi connectivity index (χ2n) is 8.45. The predicted molar refractivity (Wildman–Crippen MR) is 137 cm³/mol. The number of rotatable bonds is 8. The van der Waals surface area contributed by atoms with Gasteiger partial charge in [-0.3, -0.25) is 14.5 Å². The number of pyridine rings is 1. The second kappa shape index (κ2) is 10.4. The van der Waals surface area contributed by atoms with E-state index in [4.69, 9.17) is 28.9 Å². The molecule has 170 valence electrons. The van der Waals surface area contributed by atoms with Crippen LogP contribution in [0.5, 0.6) is 0 Å². The number of likely N-dealkylation sites (N-methyl/N-ethyl adjacent to an activating group) is 1. The minimum absolute atomic E-state index is 0.352. The molecule has 0 saturated heterocycles. The van der Waals surface area contributed by atoms with E-state index in [1.807, 2.05) is 53.3 Å². The van der Waals surface area contributed by atoms with Crippen LogP contribution in [0.3, 0.4) is 0 Å². The summed E-state index contributed by atoms with van der Waals surface area (Å²) in [5.41, 5.74) is 4.34. The molecule has 0 aliphatic rings. The number of benzene rings is 2. The van der Waals surface area contributed by atoms with Gasteiger partial charge in [0.05, 0.1) is 12.4 Å². The van der Waals surface area contributed by atoms with Crippen molar-refractivity contribution in [2.75, 3.05) is 13.6 Å². The lowest BCUT2D eigenvalue weighted by Gasteiger charge is -2.16. The Bertz CT molecular complexity index is 1260. The molecule has 2 heterocycles. The molecule has 0 fully saturated rings. The van der Waals surface area contributed by atoms with Crippen molar-refractivity contribution in [2.24, 2.45) is 0 Å². The fraction of sp³-hybridized carbons (Fsp3) is 0.269. The van der Waals surface area contributed by atoms with Crippen molar-refractivity contribution in [1.29, 1.82) is 0 Å². The summed E-state index contributed by atoms with van der Waals surface area (Å²) in [6.07, 6.45) is 2.70. The molecular weight excluding hydrogens is 450 g/mol. The SMILES string of the molecule is CC(C)c1ccccc1-n1c(-c2ccc(Cl)cc2)nn(CN(C)CCc2ccccn2)c1=S. The third-order valence-electron chi connectivity index (χ3n) is 5.59. The molecule has 0 aliphatic heterocycles. The Balaban J connectivity index is 1.71. The normalized spacial score (nSPS) is 11.5. The second-order valence-corrected chi connectivity index (χ2v) is 9.26. The van der Waals surface area contributed by atoms with Gasteiger partial charge < -0.3 is 0 Å². The zero-order valence-corrected chi connectivity index (χ0v) is 20.7. The molecule has 4 aromatic rings. The van der Waals surface area contributed by atoms with Crippen LogP contribution >= 0.6 is 23.8 Å². The van der Waals surface area contributed by atoms with Crippen LogP contribution in [0, 0.1) is 4.77 Å². The monoisotopic (exact) mass is 477 g/mol. The molecule has 0 aliphatic carbocycles. The molecule has 0 saturated carbocycles. The van der Waals surface area contributed by atoms with Gasteiger partial charge in [-0.1, -0.05) is 49.7 Å². The molecule has 0 atom stereocenters. The lowest BCUT2D eigenvalue weighted by Crippen LogP contribution is -2.25. The number of para-hydroxylation sites is 1. The summed E-state index contributed by atoms with van der Waals surface area (Å²) in [5, 5.41) is 5.65. The third kappa shape index (κ3) is 5.41. The van der Waals surface area contributed by atoms with E-state index in [1.54, 1.807) is 0 Å². The van der Waals surface area contributed by atoms with Crippen LogP contribution in [-0.2, 0) is 13.1 Å². The lowest BCUT2D eigenvalue weighted by atomic mass is 10.0. The fourth-order valence-electron chi connectivity index (χ4n) is 3.83. The van der Waals surface area contributed by atoms with Crippen molar-refractivity contribution in [3.05, 3.63) is 94.0 Å². The highest BCUT2D eigenvalue weighted by Crippen LogP contribution is 2.29. The number of hydrogen-bond acceptors (Lipinski definition) is 4. The van der Waals surface area contributed by atoms with Crippen LogP contribution in [0.4, 0.5) is 0 Å². The molecule has 2 aromatic carbocycles. The van der Waals surface area contributed by atoms with Gasteiger partial charge in [0, 0.05) is 35.4 Å². The first-order chi connectivity index (χ1) is 15.9. The Morgan fingerprint density at radius 1 is 1.00 bits per heavy atom. The van der Waals surface area contributed by atoms with E-state index in [9.17, 15) is 0 Å². The van der Waals surface area contributed by atoms with E-state index in [2.05, 4.69) is 59.6 Å². The van der Waals surface area contributed by atoms with Gasteiger partial charge in [-0.05, 0) is 73.2 Å². The first kappa shape index (κ1) is 23.4. The van der Waals surface area contributed by atoms with E-state index in [1.165, 1.54) is 5.56 Å². The van der Waals surface area contributed by atoms with E-state index in [0.29, 0.717) is 22.4 Å². The largest absolute Gasteiger partial charge is 0.287 e. The molecule has 0 spiro atoms. The van der Waals surface area contributed by atoms with Crippen molar-refractivity contribution in [3.8, 4) is 17.1 Å². The van der Waals surface area contributed by atoms with Crippen molar-refractivity contribution < 1.29 is 0 Å². The van der Waals surface area contributed by atoms with Crippen LogP contribution in [-0.4, -0.2) is 37.8 Å². The first-order valence-electron chi connectivity index (χ1n) is 11.1. The molecule has 4 rings (SSSR count). The standard InChI is InChI=1S/C26H28ClN5S/c1-19(2)23-9-4-5-10-24(23)32-25(20-11-13-21(27)14-12-20)29-31(26(32)33)18-30(3)17-15-22-8-6-7-16-28-22/h4-14,16,19H,15,17-18H2,1-3H3. The Hall–Kier alpha value is -2.80. The molecule has 5 nitrogen and oxygen atoms in total. The zero-order valence-electron chi connectivity index (χ0n) is 19.1. The van der Waals surface area contributed by atoms with Gasteiger partial charge in [-0.25, -0.2) is 4.68 Å². The molecule has 0 radical (unpaired) electrons. The Kier molecular flexibility index (Phi) is 7.38. The van der Waals surface area contributed by atoms with E-state index >= 15 is 0 Å². The van der Waals surface area contributed by atoms with Crippen LogP contribution in [0.2, 0.25) is 5.02 Å². The summed E-state index contributed by atoms with van der Waals surface area (Å²) in [6.45, 7) is 5.83. The summed E-state index contributed by atoms with van der Waals surface area (Å²) < 4.78 is 4.65. The van der Waals surface area contributed by atoms with Crippen LogP contribution in [0.15, 0.2) is 72.9 Å². The quantitative estimate of drug-likeness (QED) is 0.276. The minimum atomic E-state index is 0.352. The van der Waals surface area contributed by atoms with Gasteiger partial charge >= 0.3 is 0 Å². The molecule has 2 aromatic heterocycles. The Morgan fingerprint density at radius 3 is 2.42 bits per heavy atom. The maximum Gasteiger partial charge on any atom is 0.204 e. The van der Waals surface area contributed by atoms with E-state index in [0.717, 1.165) is 35.7 Å². The van der Waals surface area contributed by atoms with Gasteiger partial charge in [-0.2, -0.15) is 0 Å². The highest BCUT2D eigenvalue weighted by atomic mass is 35.5. The third-order valence-corrected chi connectivity index (χ3v) is 6.24. The molecule has 7 heteroatoms. The van der Waals surface area contributed by atoms with Crippen molar-refractivity contribution in [2.45, 2.75) is 32.9 Å². The lowest BCUT2D eigenvalue weighted by molar-refractivity contribution is 0.254. The highest BCUT2D eigenvalue weighted by Gasteiger charge is 2.18. The van der Waals surface area contributed by atoms with Crippen molar-refractivity contribution >= 4 is 23.8 Å². The van der Waals surface area contributed by atoms with Crippen LogP contribution < -0.4 is 0 Å². The number of hydrogen-bond donors (Lipinski definition) is 0. The van der Waals surface area contributed by atoms with Gasteiger partial charge in [0.1, 0.15) is 0 Å². The van der Waals surface area contributed by atoms with Crippen molar-refractivity contribution in [3.63, 3.8) is 0 Å². The first-order valence-corrected chi connectivity index (χ1v) is 11.9. The Labute approximate surface area is 205 Å². The molecule has 0 bridgehead atoms. The summed E-state index contributed by atoms with van der Waals surface area (Å²) in [6, 6.07) is 22.1. The average Bonchev–Trinajstić information content (AvgIpc) is 3.14. The number of aromatic nitrogens is 4. The minimum Gasteiger partial charge on any atom is -0.287 e. The van der Waals surface area contributed by atoms with E-state index in [-0.39, 0.29) is 0 Å². The van der Waals surface area contributed by atoms with Crippen LogP contribution in [0.25, 0.3) is 17.1 Å². The summed E-state index contributed by atoms with van der Waals surface area (Å²) in [4.78, 5) is 6.63. The Morgan fingerprint density at radius 2 is 1.73 bits per heavy atom.